The Labute approximate surface area is 288 Å². The van der Waals surface area contributed by atoms with Gasteiger partial charge in [-0.05, 0) is 119 Å². The quantitative estimate of drug-likeness (QED) is 0.151. The summed E-state index contributed by atoms with van der Waals surface area (Å²) < 4.78 is 15.4. The van der Waals surface area contributed by atoms with E-state index in [1.807, 2.05) is 17.4 Å². The zero-order valence-electron chi connectivity index (χ0n) is 28.0. The second kappa shape index (κ2) is 12.7. The summed E-state index contributed by atoms with van der Waals surface area (Å²) in [6.45, 7) is 6.90. The highest BCUT2D eigenvalue weighted by Gasteiger charge is 2.38. The summed E-state index contributed by atoms with van der Waals surface area (Å²) >= 11 is 1.91. The number of benzene rings is 3. The molecule has 11 rings (SSSR count). The maximum Gasteiger partial charge on any atom is 0.123 e. The number of H-pyrrole nitrogens is 1. The summed E-state index contributed by atoms with van der Waals surface area (Å²) in [6, 6.07) is 22.6. The van der Waals surface area contributed by atoms with E-state index in [1.54, 1.807) is 6.07 Å². The van der Waals surface area contributed by atoms with E-state index in [1.165, 1.54) is 69.8 Å². The van der Waals surface area contributed by atoms with Gasteiger partial charge in [-0.1, -0.05) is 74.0 Å². The van der Waals surface area contributed by atoms with E-state index in [0.717, 1.165) is 61.6 Å². The molecule has 4 aliphatic heterocycles. The second-order valence-electron chi connectivity index (χ2n) is 15.0. The molecular formula is C43H46FN3S. The van der Waals surface area contributed by atoms with Crippen molar-refractivity contribution in [3.05, 3.63) is 119 Å². The van der Waals surface area contributed by atoms with E-state index in [0.29, 0.717) is 23.9 Å². The minimum Gasteiger partial charge on any atom is -0.361 e. The second-order valence-corrected chi connectivity index (χ2v) is 16.0. The van der Waals surface area contributed by atoms with Crippen molar-refractivity contribution in [3.8, 4) is 11.1 Å². The predicted octanol–water partition coefficient (Wildman–Crippen LogP) is 9.68. The van der Waals surface area contributed by atoms with Crippen molar-refractivity contribution >= 4 is 32.3 Å². The van der Waals surface area contributed by atoms with Gasteiger partial charge in [0.2, 0.25) is 0 Å². The van der Waals surface area contributed by atoms with Crippen molar-refractivity contribution in [2.24, 2.45) is 23.7 Å². The monoisotopic (exact) mass is 655 g/mol. The minimum atomic E-state index is -0.164. The van der Waals surface area contributed by atoms with E-state index < -0.39 is 0 Å². The van der Waals surface area contributed by atoms with Gasteiger partial charge in [0.1, 0.15) is 5.82 Å². The molecule has 1 N–H and O–H groups in total. The molecule has 0 saturated carbocycles. The van der Waals surface area contributed by atoms with Gasteiger partial charge >= 0.3 is 0 Å². The number of halogens is 1. The van der Waals surface area contributed by atoms with Gasteiger partial charge in [0, 0.05) is 60.1 Å². The normalized spacial score (nSPS) is 26.8. The Bertz CT molecular complexity index is 2000. The molecule has 2 aromatic heterocycles. The van der Waals surface area contributed by atoms with Gasteiger partial charge in [-0.15, -0.1) is 11.3 Å². The van der Waals surface area contributed by atoms with E-state index in [-0.39, 0.29) is 5.82 Å². The number of fused-ring (bicyclic) bond motifs is 6. The largest absolute Gasteiger partial charge is 0.361 e. The van der Waals surface area contributed by atoms with Crippen LogP contribution < -0.4 is 0 Å². The van der Waals surface area contributed by atoms with Gasteiger partial charge < -0.3 is 4.98 Å². The van der Waals surface area contributed by atoms with Gasteiger partial charge in [-0.2, -0.15) is 0 Å². The van der Waals surface area contributed by atoms with Crippen LogP contribution in [0.25, 0.3) is 32.1 Å². The van der Waals surface area contributed by atoms with Crippen molar-refractivity contribution in [1.82, 2.24) is 14.8 Å². The molecule has 3 aromatic carbocycles. The highest BCUT2D eigenvalue weighted by Crippen LogP contribution is 2.39. The van der Waals surface area contributed by atoms with Crippen LogP contribution in [-0.4, -0.2) is 53.0 Å². The number of piperidine rings is 2. The van der Waals surface area contributed by atoms with Crippen LogP contribution in [-0.2, 0) is 19.3 Å². The molecule has 3 nitrogen and oxygen atoms in total. The Morgan fingerprint density at radius 2 is 1.52 bits per heavy atom. The first-order chi connectivity index (χ1) is 23.6. The van der Waals surface area contributed by atoms with Gasteiger partial charge in [0.25, 0.3) is 0 Å². The molecule has 2 saturated heterocycles. The average Bonchev–Trinajstić information content (AvgIpc) is 3.73. The number of nitrogens with zero attached hydrogens (tertiary/aromatic N) is 2. The number of aromatic nitrogens is 1. The lowest BCUT2D eigenvalue weighted by atomic mass is 9.74. The Kier molecular flexibility index (Phi) is 8.11. The number of aromatic amines is 1. The molecule has 6 unspecified atom stereocenters. The number of rotatable bonds is 10. The summed E-state index contributed by atoms with van der Waals surface area (Å²) in [6.07, 6.45) is 19.1. The van der Waals surface area contributed by atoms with E-state index in [9.17, 15) is 4.39 Å². The van der Waals surface area contributed by atoms with Crippen LogP contribution >= 0.6 is 11.3 Å². The third kappa shape index (κ3) is 5.78. The third-order valence-electron chi connectivity index (χ3n) is 12.1. The number of hydrogen-bond donors (Lipinski definition) is 1. The van der Waals surface area contributed by atoms with Crippen LogP contribution in [0.1, 0.15) is 42.9 Å². The molecule has 5 heteroatoms. The molecule has 0 spiro atoms. The first-order valence-electron chi connectivity index (χ1n) is 18.3. The SMILES string of the molecule is CCC1CC2C=CC1N(CCc1csc3cc(-c4cccc(CC5CC6C=CC5N(CCc5c[nH]c7ccc(F)cc57)C6)c4)ccc13)C2. The summed E-state index contributed by atoms with van der Waals surface area (Å²) in [5, 5.41) is 4.87. The molecule has 0 radical (unpaired) electrons. The number of thiophene rings is 1. The fourth-order valence-corrected chi connectivity index (χ4v) is 10.7. The maximum atomic E-state index is 14.0. The van der Waals surface area contributed by atoms with Gasteiger partial charge in [0.05, 0.1) is 0 Å². The Balaban J connectivity index is 0.865. The highest BCUT2D eigenvalue weighted by molar-refractivity contribution is 7.17. The average molecular weight is 656 g/mol. The molecule has 48 heavy (non-hydrogen) atoms. The Morgan fingerprint density at radius 3 is 2.31 bits per heavy atom. The molecule has 2 aliphatic carbocycles. The molecule has 6 heterocycles. The van der Waals surface area contributed by atoms with Crippen molar-refractivity contribution in [3.63, 3.8) is 0 Å². The number of nitrogens with one attached hydrogen (secondary N) is 1. The lowest BCUT2D eigenvalue weighted by Gasteiger charge is -2.46. The van der Waals surface area contributed by atoms with Crippen LogP contribution in [0, 0.1) is 29.5 Å². The van der Waals surface area contributed by atoms with Crippen molar-refractivity contribution < 1.29 is 4.39 Å². The molecule has 2 fully saturated rings. The molecular weight excluding hydrogens is 610 g/mol. The lowest BCUT2D eigenvalue weighted by molar-refractivity contribution is 0.0826. The third-order valence-corrected chi connectivity index (χ3v) is 13.1. The first kappa shape index (κ1) is 30.5. The fourth-order valence-electron chi connectivity index (χ4n) is 9.64. The van der Waals surface area contributed by atoms with Crippen LogP contribution in [0.3, 0.4) is 0 Å². The van der Waals surface area contributed by atoms with Crippen molar-refractivity contribution in [2.45, 2.75) is 57.5 Å². The summed E-state index contributed by atoms with van der Waals surface area (Å²) in [5.41, 5.74) is 7.83. The molecule has 246 valence electrons. The Morgan fingerprint density at radius 1 is 0.771 bits per heavy atom. The van der Waals surface area contributed by atoms with Crippen LogP contribution in [0.15, 0.2) is 96.5 Å². The molecule has 6 atom stereocenters. The standard InChI is InChI=1S/C43H46FN3S/c1-2-31-20-29-6-12-41(31)46(25-29)17-15-35-27-48-43-22-33(8-10-38(35)43)32-5-3-4-28(18-32)19-36-21-30-7-13-42(36)47(26-30)16-14-34-24-45-40-11-9-37(44)23-39(34)40/h3-13,18,22-24,27,29-31,36,41-42,45H,2,14-17,19-21,25-26H2,1H3. The van der Waals surface area contributed by atoms with Crippen LogP contribution in [0.5, 0.6) is 0 Å². The first-order valence-corrected chi connectivity index (χ1v) is 19.2. The topological polar surface area (TPSA) is 22.3 Å². The minimum absolute atomic E-state index is 0.164. The van der Waals surface area contributed by atoms with Gasteiger partial charge in [-0.3, -0.25) is 9.80 Å². The van der Waals surface area contributed by atoms with E-state index in [4.69, 9.17) is 0 Å². The molecule has 6 aliphatic rings. The molecule has 5 aromatic rings. The van der Waals surface area contributed by atoms with Gasteiger partial charge in [0.15, 0.2) is 0 Å². The maximum absolute atomic E-state index is 14.0. The highest BCUT2D eigenvalue weighted by atomic mass is 32.1. The van der Waals surface area contributed by atoms with Crippen LogP contribution in [0.2, 0.25) is 0 Å². The van der Waals surface area contributed by atoms with E-state index in [2.05, 4.69) is 100 Å². The van der Waals surface area contributed by atoms with Gasteiger partial charge in [-0.25, -0.2) is 4.39 Å². The van der Waals surface area contributed by atoms with Crippen molar-refractivity contribution in [2.75, 3.05) is 26.2 Å². The zero-order valence-corrected chi connectivity index (χ0v) is 28.8. The van der Waals surface area contributed by atoms with Crippen LogP contribution in [0.4, 0.5) is 4.39 Å². The predicted molar refractivity (Wildman–Crippen MR) is 199 cm³/mol. The lowest BCUT2D eigenvalue weighted by Crippen LogP contribution is -2.51. The summed E-state index contributed by atoms with van der Waals surface area (Å²) in [7, 11) is 0. The molecule has 4 bridgehead atoms. The van der Waals surface area contributed by atoms with Crippen molar-refractivity contribution in [1.29, 1.82) is 0 Å². The van der Waals surface area contributed by atoms with E-state index >= 15 is 0 Å². The zero-order chi connectivity index (χ0) is 32.2. The summed E-state index contributed by atoms with van der Waals surface area (Å²) in [4.78, 5) is 8.76. The fraction of sp³-hybridized carbons (Fsp3) is 0.395. The summed E-state index contributed by atoms with van der Waals surface area (Å²) in [5.74, 6) is 2.66. The molecule has 0 amide bonds. The smallest absolute Gasteiger partial charge is 0.123 e. The Hall–Kier alpha value is -3.51. The number of hydrogen-bond acceptors (Lipinski definition) is 3.